The molecule has 1 saturated carbocycles. The van der Waals surface area contributed by atoms with Gasteiger partial charge in [0.1, 0.15) is 5.82 Å². The fraction of sp³-hybridized carbons (Fsp3) is 0.538. The zero-order valence-corrected chi connectivity index (χ0v) is 11.2. The lowest BCUT2D eigenvalue weighted by Gasteiger charge is -2.30. The van der Waals surface area contributed by atoms with Crippen LogP contribution in [0.1, 0.15) is 25.7 Å². The summed E-state index contributed by atoms with van der Waals surface area (Å²) in [4.78, 5) is 1.84. The van der Waals surface area contributed by atoms with Gasteiger partial charge in [-0.2, -0.15) is 0 Å². The van der Waals surface area contributed by atoms with Crippen LogP contribution in [0.5, 0.6) is 0 Å². The molecule has 18 heavy (non-hydrogen) atoms. The monoisotopic (exact) mass is 272 g/mol. The SMILES string of the molecule is CN(CC1(O)CCCC1)c1cc(Cl)c(F)cc1N. The van der Waals surface area contributed by atoms with E-state index in [1.807, 2.05) is 11.9 Å². The second kappa shape index (κ2) is 4.94. The van der Waals surface area contributed by atoms with Crippen LogP contribution < -0.4 is 10.6 Å². The number of nitrogen functional groups attached to an aromatic ring is 1. The van der Waals surface area contributed by atoms with E-state index in [0.29, 0.717) is 17.9 Å². The van der Waals surface area contributed by atoms with Gasteiger partial charge in [0.15, 0.2) is 0 Å². The second-order valence-corrected chi connectivity index (χ2v) is 5.52. The highest BCUT2D eigenvalue weighted by Gasteiger charge is 2.32. The average Bonchev–Trinajstić information content (AvgIpc) is 2.70. The maximum Gasteiger partial charge on any atom is 0.143 e. The van der Waals surface area contributed by atoms with Crippen molar-refractivity contribution in [2.45, 2.75) is 31.3 Å². The molecule has 1 aliphatic rings. The first-order valence-electron chi connectivity index (χ1n) is 6.09. The minimum atomic E-state index is -0.665. The standard InChI is InChI=1S/C13H18ClFN2O/c1-17(8-13(18)4-2-3-5-13)12-6-9(14)10(15)7-11(12)16/h6-7,18H,2-5,8,16H2,1H3. The topological polar surface area (TPSA) is 49.5 Å². The molecule has 1 aromatic rings. The van der Waals surface area contributed by atoms with E-state index in [0.717, 1.165) is 25.7 Å². The van der Waals surface area contributed by atoms with Gasteiger partial charge < -0.3 is 15.7 Å². The van der Waals surface area contributed by atoms with Gasteiger partial charge in [-0.3, -0.25) is 0 Å². The van der Waals surface area contributed by atoms with Crippen molar-refractivity contribution < 1.29 is 9.50 Å². The molecule has 1 aliphatic carbocycles. The molecular weight excluding hydrogens is 255 g/mol. The average molecular weight is 273 g/mol. The minimum Gasteiger partial charge on any atom is -0.397 e. The predicted octanol–water partition coefficient (Wildman–Crippen LogP) is 2.80. The molecule has 0 spiro atoms. The van der Waals surface area contributed by atoms with E-state index in [2.05, 4.69) is 0 Å². The third-order valence-electron chi connectivity index (χ3n) is 3.55. The fourth-order valence-electron chi connectivity index (χ4n) is 2.60. The number of nitrogens with zero attached hydrogens (tertiary/aromatic N) is 1. The van der Waals surface area contributed by atoms with Gasteiger partial charge in [0, 0.05) is 19.7 Å². The molecule has 1 fully saturated rings. The van der Waals surface area contributed by atoms with Crippen LogP contribution in [0.2, 0.25) is 5.02 Å². The van der Waals surface area contributed by atoms with Crippen molar-refractivity contribution in [2.75, 3.05) is 24.2 Å². The molecule has 100 valence electrons. The molecule has 5 heteroatoms. The van der Waals surface area contributed by atoms with E-state index < -0.39 is 11.4 Å². The summed E-state index contributed by atoms with van der Waals surface area (Å²) >= 11 is 5.76. The summed E-state index contributed by atoms with van der Waals surface area (Å²) in [7, 11) is 1.83. The van der Waals surface area contributed by atoms with Crippen LogP contribution >= 0.6 is 11.6 Å². The van der Waals surface area contributed by atoms with Crippen LogP contribution in [0.3, 0.4) is 0 Å². The number of anilines is 2. The van der Waals surface area contributed by atoms with Crippen LogP contribution in [0, 0.1) is 5.82 Å². The first-order valence-corrected chi connectivity index (χ1v) is 6.47. The third-order valence-corrected chi connectivity index (χ3v) is 3.84. The van der Waals surface area contributed by atoms with Crippen LogP contribution in [0.15, 0.2) is 12.1 Å². The number of benzene rings is 1. The van der Waals surface area contributed by atoms with Crippen LogP contribution in [0.25, 0.3) is 0 Å². The van der Waals surface area contributed by atoms with Gasteiger partial charge in [0.25, 0.3) is 0 Å². The summed E-state index contributed by atoms with van der Waals surface area (Å²) in [5.74, 6) is -0.522. The highest BCUT2D eigenvalue weighted by molar-refractivity contribution is 6.31. The molecule has 0 atom stereocenters. The number of halogens is 2. The summed E-state index contributed by atoms with van der Waals surface area (Å²) in [6.45, 7) is 0.485. The van der Waals surface area contributed by atoms with Crippen molar-refractivity contribution in [2.24, 2.45) is 0 Å². The Balaban J connectivity index is 2.18. The van der Waals surface area contributed by atoms with Crippen molar-refractivity contribution in [1.82, 2.24) is 0 Å². The molecule has 0 amide bonds. The Kier molecular flexibility index (Phi) is 3.69. The van der Waals surface area contributed by atoms with Gasteiger partial charge in [-0.15, -0.1) is 0 Å². The maximum atomic E-state index is 13.2. The molecular formula is C13H18ClFN2O. The van der Waals surface area contributed by atoms with Gasteiger partial charge >= 0.3 is 0 Å². The second-order valence-electron chi connectivity index (χ2n) is 5.11. The van der Waals surface area contributed by atoms with Crippen LogP contribution in [-0.2, 0) is 0 Å². The van der Waals surface area contributed by atoms with Gasteiger partial charge in [0.05, 0.1) is 22.0 Å². The number of likely N-dealkylation sites (N-methyl/N-ethyl adjacent to an activating group) is 1. The lowest BCUT2D eigenvalue weighted by atomic mass is 10.0. The molecule has 3 nitrogen and oxygen atoms in total. The molecule has 0 unspecified atom stereocenters. The highest BCUT2D eigenvalue weighted by atomic mass is 35.5. The first kappa shape index (κ1) is 13.4. The van der Waals surface area contributed by atoms with E-state index in [4.69, 9.17) is 17.3 Å². The number of nitrogens with two attached hydrogens (primary N) is 1. The van der Waals surface area contributed by atoms with Gasteiger partial charge in [0.2, 0.25) is 0 Å². The van der Waals surface area contributed by atoms with E-state index in [9.17, 15) is 9.50 Å². The molecule has 2 rings (SSSR count). The summed E-state index contributed by atoms with van der Waals surface area (Å²) in [5.41, 5.74) is 6.11. The molecule has 0 bridgehead atoms. The number of hydrogen-bond acceptors (Lipinski definition) is 3. The number of hydrogen-bond donors (Lipinski definition) is 2. The van der Waals surface area contributed by atoms with Gasteiger partial charge in [-0.25, -0.2) is 4.39 Å². The Hall–Kier alpha value is -1.00. The van der Waals surface area contributed by atoms with E-state index in [1.165, 1.54) is 12.1 Å². The number of rotatable bonds is 3. The number of aliphatic hydroxyl groups is 1. The van der Waals surface area contributed by atoms with Gasteiger partial charge in [-0.05, 0) is 18.9 Å². The van der Waals surface area contributed by atoms with Crippen molar-refractivity contribution in [3.8, 4) is 0 Å². The van der Waals surface area contributed by atoms with E-state index in [-0.39, 0.29) is 5.02 Å². The lowest BCUT2D eigenvalue weighted by Crippen LogP contribution is -2.39. The first-order chi connectivity index (χ1) is 8.41. The minimum absolute atomic E-state index is 0.0458. The predicted molar refractivity (Wildman–Crippen MR) is 72.5 cm³/mol. The smallest absolute Gasteiger partial charge is 0.143 e. The van der Waals surface area contributed by atoms with Crippen molar-refractivity contribution in [3.63, 3.8) is 0 Å². The Morgan fingerprint density at radius 1 is 1.44 bits per heavy atom. The summed E-state index contributed by atoms with van der Waals surface area (Å²) < 4.78 is 13.2. The van der Waals surface area contributed by atoms with Gasteiger partial charge in [-0.1, -0.05) is 24.4 Å². The summed E-state index contributed by atoms with van der Waals surface area (Å²) in [6, 6.07) is 2.72. The van der Waals surface area contributed by atoms with Crippen LogP contribution in [0.4, 0.5) is 15.8 Å². The molecule has 0 aliphatic heterocycles. The molecule has 0 aromatic heterocycles. The highest BCUT2D eigenvalue weighted by Crippen LogP contribution is 2.34. The zero-order chi connectivity index (χ0) is 13.3. The molecule has 1 aromatic carbocycles. The largest absolute Gasteiger partial charge is 0.397 e. The Morgan fingerprint density at radius 2 is 2.06 bits per heavy atom. The van der Waals surface area contributed by atoms with E-state index in [1.54, 1.807) is 0 Å². The fourth-order valence-corrected chi connectivity index (χ4v) is 2.76. The quantitative estimate of drug-likeness (QED) is 0.832. The van der Waals surface area contributed by atoms with Crippen LogP contribution in [-0.4, -0.2) is 24.3 Å². The Morgan fingerprint density at radius 3 is 2.67 bits per heavy atom. The molecule has 0 heterocycles. The Bertz CT molecular complexity index is 447. The van der Waals surface area contributed by atoms with Crippen molar-refractivity contribution >= 4 is 23.0 Å². The van der Waals surface area contributed by atoms with Crippen molar-refractivity contribution in [3.05, 3.63) is 23.0 Å². The van der Waals surface area contributed by atoms with E-state index >= 15 is 0 Å². The molecule has 0 saturated heterocycles. The summed E-state index contributed by atoms with van der Waals surface area (Å²) in [6.07, 6.45) is 3.69. The summed E-state index contributed by atoms with van der Waals surface area (Å²) in [5, 5.41) is 10.4. The van der Waals surface area contributed by atoms with Crippen molar-refractivity contribution in [1.29, 1.82) is 0 Å². The zero-order valence-electron chi connectivity index (χ0n) is 10.4. The third kappa shape index (κ3) is 2.70. The normalized spacial score (nSPS) is 18.0. The Labute approximate surface area is 111 Å². The molecule has 0 radical (unpaired) electrons. The maximum absolute atomic E-state index is 13.2. The lowest BCUT2D eigenvalue weighted by molar-refractivity contribution is 0.0559. The molecule has 3 N–H and O–H groups in total.